The number of hydrogen-bond acceptors (Lipinski definition) is 4. The lowest BCUT2D eigenvalue weighted by atomic mass is 10.0. The standard InChI is InChI=1S/C19H25F3N4O3S/c1-11-10-12(2)14(4)16(13(11)3)30(28,29)25-8-6-15(7-9-25)26-18(27)24(5)17(23-26)19(20,21)22/h10,15H,6-9H2,1-5H3. The van der Waals surface area contributed by atoms with E-state index in [1.54, 1.807) is 13.8 Å². The van der Waals surface area contributed by atoms with Gasteiger partial charge in [-0.3, -0.25) is 4.57 Å². The van der Waals surface area contributed by atoms with Gasteiger partial charge in [-0.1, -0.05) is 6.07 Å². The molecule has 0 atom stereocenters. The van der Waals surface area contributed by atoms with E-state index in [4.69, 9.17) is 0 Å². The molecule has 1 aliphatic rings. The first-order valence-corrected chi connectivity index (χ1v) is 11.0. The molecule has 1 fully saturated rings. The minimum Gasteiger partial charge on any atom is -0.274 e. The molecule has 1 aromatic carbocycles. The third-order valence-corrected chi connectivity index (χ3v) is 8.09. The molecule has 1 aromatic heterocycles. The number of aromatic nitrogens is 3. The summed E-state index contributed by atoms with van der Waals surface area (Å²) in [5, 5.41) is 3.48. The zero-order chi connectivity index (χ0) is 22.6. The van der Waals surface area contributed by atoms with Crippen LogP contribution in [0.15, 0.2) is 15.8 Å². The van der Waals surface area contributed by atoms with Gasteiger partial charge in [0.05, 0.1) is 10.9 Å². The van der Waals surface area contributed by atoms with E-state index in [1.165, 1.54) is 4.31 Å². The maximum absolute atomic E-state index is 13.3. The second-order valence-electron chi connectivity index (χ2n) is 7.83. The van der Waals surface area contributed by atoms with Crippen molar-refractivity contribution in [1.82, 2.24) is 18.7 Å². The van der Waals surface area contributed by atoms with Crippen molar-refractivity contribution in [3.8, 4) is 0 Å². The lowest BCUT2D eigenvalue weighted by molar-refractivity contribution is -0.147. The molecule has 11 heteroatoms. The van der Waals surface area contributed by atoms with E-state index >= 15 is 0 Å². The number of nitrogens with zero attached hydrogens (tertiary/aromatic N) is 4. The van der Waals surface area contributed by atoms with E-state index in [2.05, 4.69) is 5.10 Å². The number of alkyl halides is 3. The number of halogens is 3. The second-order valence-corrected chi connectivity index (χ2v) is 9.71. The molecule has 30 heavy (non-hydrogen) atoms. The normalized spacial score (nSPS) is 16.9. The zero-order valence-electron chi connectivity index (χ0n) is 17.5. The van der Waals surface area contributed by atoms with Crippen molar-refractivity contribution in [2.45, 2.75) is 57.7 Å². The van der Waals surface area contributed by atoms with Crippen molar-refractivity contribution in [1.29, 1.82) is 0 Å². The highest BCUT2D eigenvalue weighted by Crippen LogP contribution is 2.32. The summed E-state index contributed by atoms with van der Waals surface area (Å²) in [6.07, 6.45) is -4.33. The maximum atomic E-state index is 13.3. The Morgan fingerprint density at radius 1 is 1.03 bits per heavy atom. The van der Waals surface area contributed by atoms with Crippen LogP contribution in [0.1, 0.15) is 47.0 Å². The molecule has 0 aliphatic carbocycles. The fourth-order valence-corrected chi connectivity index (χ4v) is 6.01. The van der Waals surface area contributed by atoms with Crippen LogP contribution in [-0.2, 0) is 23.2 Å². The lowest BCUT2D eigenvalue weighted by Gasteiger charge is -2.32. The SMILES string of the molecule is Cc1cc(C)c(C)c(S(=O)(=O)N2CCC(n3nc(C(F)(F)F)n(C)c3=O)CC2)c1C. The Kier molecular flexibility index (Phi) is 5.65. The summed E-state index contributed by atoms with van der Waals surface area (Å²) in [5.41, 5.74) is 2.29. The van der Waals surface area contributed by atoms with Gasteiger partial charge in [-0.15, -0.1) is 5.10 Å². The highest BCUT2D eigenvalue weighted by atomic mass is 32.2. The molecule has 0 amide bonds. The van der Waals surface area contributed by atoms with Crippen LogP contribution in [-0.4, -0.2) is 40.2 Å². The maximum Gasteiger partial charge on any atom is 0.451 e. The minimum atomic E-state index is -4.73. The van der Waals surface area contributed by atoms with Crippen LogP contribution in [0.3, 0.4) is 0 Å². The predicted molar refractivity (Wildman–Crippen MR) is 105 cm³/mol. The number of rotatable bonds is 3. The lowest BCUT2D eigenvalue weighted by Crippen LogP contribution is -2.41. The van der Waals surface area contributed by atoms with Crippen LogP contribution in [0, 0.1) is 27.7 Å². The van der Waals surface area contributed by atoms with Crippen LogP contribution in [0.25, 0.3) is 0 Å². The molecule has 3 rings (SSSR count). The van der Waals surface area contributed by atoms with E-state index in [1.807, 2.05) is 19.9 Å². The molecule has 0 unspecified atom stereocenters. The van der Waals surface area contributed by atoms with Crippen molar-refractivity contribution in [3.05, 3.63) is 44.6 Å². The van der Waals surface area contributed by atoms with Gasteiger partial charge in [-0.2, -0.15) is 17.5 Å². The van der Waals surface area contributed by atoms with Gasteiger partial charge in [0.15, 0.2) is 0 Å². The summed E-state index contributed by atoms with van der Waals surface area (Å²) in [4.78, 5) is 12.5. The number of hydrogen-bond donors (Lipinski definition) is 0. The van der Waals surface area contributed by atoms with Crippen molar-refractivity contribution >= 4 is 10.0 Å². The van der Waals surface area contributed by atoms with E-state index < -0.39 is 33.8 Å². The van der Waals surface area contributed by atoms with Gasteiger partial charge < -0.3 is 0 Å². The highest BCUT2D eigenvalue weighted by Gasteiger charge is 2.40. The molecule has 0 radical (unpaired) electrons. The Morgan fingerprint density at radius 2 is 1.53 bits per heavy atom. The first kappa shape index (κ1) is 22.5. The monoisotopic (exact) mass is 446 g/mol. The molecule has 7 nitrogen and oxygen atoms in total. The minimum absolute atomic E-state index is 0.100. The number of sulfonamides is 1. The molecule has 0 N–H and O–H groups in total. The third kappa shape index (κ3) is 3.68. The van der Waals surface area contributed by atoms with Crippen LogP contribution in [0.5, 0.6) is 0 Å². The van der Waals surface area contributed by atoms with E-state index in [-0.39, 0.29) is 30.8 Å². The van der Waals surface area contributed by atoms with Crippen LogP contribution >= 0.6 is 0 Å². The summed E-state index contributed by atoms with van der Waals surface area (Å²) in [7, 11) is -2.74. The number of piperidine rings is 1. The molecular formula is C19H25F3N4O3S. The first-order chi connectivity index (χ1) is 13.8. The number of aryl methyl sites for hydroxylation is 2. The van der Waals surface area contributed by atoms with Crippen molar-refractivity contribution < 1.29 is 21.6 Å². The first-order valence-electron chi connectivity index (χ1n) is 9.57. The quantitative estimate of drug-likeness (QED) is 0.727. The fourth-order valence-electron chi connectivity index (χ4n) is 3.96. The zero-order valence-corrected chi connectivity index (χ0v) is 18.4. The molecular weight excluding hydrogens is 421 g/mol. The van der Waals surface area contributed by atoms with Gasteiger partial charge in [-0.05, 0) is 62.8 Å². The summed E-state index contributed by atoms with van der Waals surface area (Å²) in [5.74, 6) is -1.26. The Balaban J connectivity index is 1.88. The van der Waals surface area contributed by atoms with Crippen molar-refractivity contribution in [2.75, 3.05) is 13.1 Å². The van der Waals surface area contributed by atoms with Crippen LogP contribution < -0.4 is 5.69 Å². The second kappa shape index (κ2) is 7.52. The molecule has 1 aliphatic heterocycles. The molecule has 0 bridgehead atoms. The average molecular weight is 446 g/mol. The van der Waals surface area contributed by atoms with Gasteiger partial charge in [0.25, 0.3) is 0 Å². The summed E-state index contributed by atoms with van der Waals surface area (Å²) < 4.78 is 68.4. The van der Waals surface area contributed by atoms with E-state index in [9.17, 15) is 26.4 Å². The highest BCUT2D eigenvalue weighted by molar-refractivity contribution is 7.89. The van der Waals surface area contributed by atoms with Gasteiger partial charge in [-0.25, -0.2) is 17.9 Å². The smallest absolute Gasteiger partial charge is 0.274 e. The summed E-state index contributed by atoms with van der Waals surface area (Å²) in [6, 6.07) is 1.36. The van der Waals surface area contributed by atoms with Gasteiger partial charge in [0, 0.05) is 20.1 Å². The molecule has 166 valence electrons. The molecule has 2 heterocycles. The van der Waals surface area contributed by atoms with Gasteiger partial charge >= 0.3 is 11.9 Å². The van der Waals surface area contributed by atoms with E-state index in [0.29, 0.717) is 15.7 Å². The summed E-state index contributed by atoms with van der Waals surface area (Å²) in [6.45, 7) is 7.46. The Bertz CT molecular complexity index is 1110. The number of benzene rings is 1. The topological polar surface area (TPSA) is 77.2 Å². The van der Waals surface area contributed by atoms with Crippen molar-refractivity contribution in [2.24, 2.45) is 7.05 Å². The van der Waals surface area contributed by atoms with Crippen LogP contribution in [0.4, 0.5) is 13.2 Å². The predicted octanol–water partition coefficient (Wildman–Crippen LogP) is 2.86. The molecule has 0 saturated carbocycles. The molecule has 0 spiro atoms. The average Bonchev–Trinajstić information content (AvgIpc) is 2.95. The van der Waals surface area contributed by atoms with Crippen molar-refractivity contribution in [3.63, 3.8) is 0 Å². The molecule has 2 aromatic rings. The van der Waals surface area contributed by atoms with Crippen LogP contribution in [0.2, 0.25) is 0 Å². The van der Waals surface area contributed by atoms with E-state index in [0.717, 1.165) is 22.9 Å². The Morgan fingerprint density at radius 3 is 1.97 bits per heavy atom. The Hall–Kier alpha value is -2.14. The van der Waals surface area contributed by atoms with Gasteiger partial charge in [0.1, 0.15) is 0 Å². The summed E-state index contributed by atoms with van der Waals surface area (Å²) >= 11 is 0. The third-order valence-electron chi connectivity index (χ3n) is 5.92. The fraction of sp³-hybridized carbons (Fsp3) is 0.579. The van der Waals surface area contributed by atoms with Gasteiger partial charge in [0.2, 0.25) is 15.8 Å². The largest absolute Gasteiger partial charge is 0.451 e. The molecule has 1 saturated heterocycles. The Labute approximate surface area is 173 Å².